The van der Waals surface area contributed by atoms with Gasteiger partial charge in [0, 0.05) is 32.2 Å². The number of sulfonamides is 1. The highest BCUT2D eigenvalue weighted by molar-refractivity contribution is 7.89. The van der Waals surface area contributed by atoms with Crippen LogP contribution >= 0.6 is 0 Å². The van der Waals surface area contributed by atoms with Crippen LogP contribution in [-0.4, -0.2) is 76.0 Å². The molecule has 1 N–H and O–H groups in total. The highest BCUT2D eigenvalue weighted by atomic mass is 32.2. The smallest absolute Gasteiger partial charge is 0.243 e. The number of methoxy groups -OCH3 is 2. The molecule has 0 atom stereocenters. The van der Waals surface area contributed by atoms with Crippen molar-refractivity contribution in [2.75, 3.05) is 46.9 Å². The first-order valence-electron chi connectivity index (χ1n) is 11.0. The Morgan fingerprint density at radius 3 is 2.25 bits per heavy atom. The molecule has 176 valence electrons. The van der Waals surface area contributed by atoms with Crippen LogP contribution in [0.5, 0.6) is 11.5 Å². The third-order valence-electron chi connectivity index (χ3n) is 6.24. The minimum Gasteiger partial charge on any atom is -0.493 e. The Morgan fingerprint density at radius 1 is 1.06 bits per heavy atom. The van der Waals surface area contributed by atoms with Crippen molar-refractivity contribution in [3.63, 3.8) is 0 Å². The minimum absolute atomic E-state index is 0.144. The number of rotatable bonds is 7. The van der Waals surface area contributed by atoms with Gasteiger partial charge >= 0.3 is 0 Å². The molecule has 10 heteroatoms. The highest BCUT2D eigenvalue weighted by Crippen LogP contribution is 2.31. The fraction of sp³-hybridized carbons (Fsp3) is 0.636. The predicted octanol–water partition coefficient (Wildman–Crippen LogP) is 1.74. The van der Waals surface area contributed by atoms with Gasteiger partial charge in [-0.3, -0.25) is 9.69 Å². The van der Waals surface area contributed by atoms with Crippen LogP contribution in [0.25, 0.3) is 0 Å². The molecule has 3 rings (SSSR count). The van der Waals surface area contributed by atoms with Crippen molar-refractivity contribution in [1.29, 1.82) is 5.26 Å². The van der Waals surface area contributed by atoms with Crippen LogP contribution in [0.1, 0.15) is 38.5 Å². The molecule has 1 saturated heterocycles. The molecule has 0 aromatic heterocycles. The molecule has 2 fully saturated rings. The molecule has 2 aliphatic rings. The molecule has 1 saturated carbocycles. The number of nitrogens with zero attached hydrogens (tertiary/aromatic N) is 3. The van der Waals surface area contributed by atoms with Gasteiger partial charge in [0.2, 0.25) is 15.9 Å². The average molecular weight is 465 g/mol. The molecule has 0 spiro atoms. The number of amides is 1. The standard InChI is InChI=1S/C22H32N4O5S/c1-30-19-8-7-18(15-20(19)31-2)32(28,29)26-13-11-25(12-14-26)16-21(27)24-22(17-23)9-5-3-4-6-10-22/h7-8,15H,3-6,9-14,16H2,1-2H3,(H,24,27). The topological polar surface area (TPSA) is 112 Å². The molecular formula is C22H32N4O5S. The summed E-state index contributed by atoms with van der Waals surface area (Å²) in [6, 6.07) is 6.87. The first kappa shape index (κ1) is 24.3. The molecule has 0 radical (unpaired) electrons. The summed E-state index contributed by atoms with van der Waals surface area (Å²) in [6.07, 6.45) is 5.45. The summed E-state index contributed by atoms with van der Waals surface area (Å²) in [5.74, 6) is 0.643. The fourth-order valence-corrected chi connectivity index (χ4v) is 5.80. The molecular weight excluding hydrogens is 432 g/mol. The van der Waals surface area contributed by atoms with Gasteiger partial charge in [0.05, 0.1) is 31.7 Å². The molecule has 1 aromatic rings. The summed E-state index contributed by atoms with van der Waals surface area (Å²) in [5, 5.41) is 12.6. The van der Waals surface area contributed by atoms with Gasteiger partial charge in [-0.15, -0.1) is 0 Å². The van der Waals surface area contributed by atoms with Gasteiger partial charge in [0.25, 0.3) is 0 Å². The van der Waals surface area contributed by atoms with E-state index >= 15 is 0 Å². The maximum absolute atomic E-state index is 13.1. The highest BCUT2D eigenvalue weighted by Gasteiger charge is 2.34. The summed E-state index contributed by atoms with van der Waals surface area (Å²) in [5.41, 5.74) is -0.772. The number of benzene rings is 1. The second-order valence-corrected chi connectivity index (χ2v) is 10.3. The van der Waals surface area contributed by atoms with Crippen molar-refractivity contribution < 1.29 is 22.7 Å². The summed E-state index contributed by atoms with van der Waals surface area (Å²) >= 11 is 0. The number of hydrogen-bond acceptors (Lipinski definition) is 7. The third kappa shape index (κ3) is 5.52. The monoisotopic (exact) mass is 464 g/mol. The maximum Gasteiger partial charge on any atom is 0.243 e. The zero-order valence-corrected chi connectivity index (χ0v) is 19.6. The van der Waals surface area contributed by atoms with E-state index in [1.165, 1.54) is 30.7 Å². The average Bonchev–Trinajstić information content (AvgIpc) is 3.04. The number of carbonyl (C=O) groups excluding carboxylic acids is 1. The van der Waals surface area contributed by atoms with E-state index < -0.39 is 15.6 Å². The summed E-state index contributed by atoms with van der Waals surface area (Å²) < 4.78 is 37.9. The van der Waals surface area contributed by atoms with Crippen LogP contribution in [0.2, 0.25) is 0 Å². The van der Waals surface area contributed by atoms with Gasteiger partial charge in [-0.25, -0.2) is 8.42 Å². The quantitative estimate of drug-likeness (QED) is 0.612. The van der Waals surface area contributed by atoms with Gasteiger partial charge < -0.3 is 14.8 Å². The van der Waals surface area contributed by atoms with Gasteiger partial charge in [-0.2, -0.15) is 9.57 Å². The van der Waals surface area contributed by atoms with E-state index in [9.17, 15) is 18.5 Å². The SMILES string of the molecule is COc1ccc(S(=O)(=O)N2CCN(CC(=O)NC3(C#N)CCCCCC3)CC2)cc1OC. The van der Waals surface area contributed by atoms with Crippen molar-refractivity contribution in [3.8, 4) is 17.6 Å². The number of piperazine rings is 1. The maximum atomic E-state index is 13.1. The second kappa shape index (κ2) is 10.5. The number of carbonyl (C=O) groups is 1. The van der Waals surface area contributed by atoms with E-state index in [-0.39, 0.29) is 30.4 Å². The fourth-order valence-electron chi connectivity index (χ4n) is 4.36. The first-order valence-corrected chi connectivity index (χ1v) is 12.4. The predicted molar refractivity (Wildman–Crippen MR) is 119 cm³/mol. The summed E-state index contributed by atoms with van der Waals surface area (Å²) in [7, 11) is -0.727. The first-order chi connectivity index (χ1) is 15.3. The van der Waals surface area contributed by atoms with E-state index in [4.69, 9.17) is 9.47 Å². The molecule has 1 heterocycles. The molecule has 1 amide bonds. The summed E-state index contributed by atoms with van der Waals surface area (Å²) in [4.78, 5) is 14.7. The number of hydrogen-bond donors (Lipinski definition) is 1. The van der Waals surface area contributed by atoms with Crippen molar-refractivity contribution in [2.45, 2.75) is 49.0 Å². The molecule has 0 bridgehead atoms. The Bertz CT molecular complexity index is 944. The van der Waals surface area contributed by atoms with Crippen molar-refractivity contribution in [1.82, 2.24) is 14.5 Å². The number of nitrogens with one attached hydrogen (secondary N) is 1. The Hall–Kier alpha value is -2.35. The van der Waals surface area contributed by atoms with E-state index in [0.717, 1.165) is 25.7 Å². The summed E-state index contributed by atoms with van der Waals surface area (Å²) in [6.45, 7) is 1.62. The lowest BCUT2D eigenvalue weighted by Crippen LogP contribution is -2.54. The zero-order chi connectivity index (χ0) is 23.2. The largest absolute Gasteiger partial charge is 0.493 e. The molecule has 32 heavy (non-hydrogen) atoms. The van der Waals surface area contributed by atoms with Gasteiger partial charge in [0.1, 0.15) is 5.54 Å². The van der Waals surface area contributed by atoms with Crippen molar-refractivity contribution in [2.24, 2.45) is 0 Å². The Morgan fingerprint density at radius 2 is 1.69 bits per heavy atom. The van der Waals surface area contributed by atoms with Gasteiger partial charge in [-0.05, 0) is 25.0 Å². The van der Waals surface area contributed by atoms with Crippen LogP contribution < -0.4 is 14.8 Å². The Balaban J connectivity index is 1.57. The molecule has 0 unspecified atom stereocenters. The van der Waals surface area contributed by atoms with E-state index in [2.05, 4.69) is 11.4 Å². The Kier molecular flexibility index (Phi) is 7.98. The second-order valence-electron chi connectivity index (χ2n) is 8.35. The minimum atomic E-state index is -3.68. The normalized spacial score (nSPS) is 20.0. The lowest BCUT2D eigenvalue weighted by Gasteiger charge is -2.34. The zero-order valence-electron chi connectivity index (χ0n) is 18.8. The molecule has 1 aliphatic heterocycles. The van der Waals surface area contributed by atoms with Crippen LogP contribution in [0.3, 0.4) is 0 Å². The van der Waals surface area contributed by atoms with E-state index in [1.54, 1.807) is 6.07 Å². The van der Waals surface area contributed by atoms with Crippen LogP contribution in [0.15, 0.2) is 23.1 Å². The molecule has 9 nitrogen and oxygen atoms in total. The number of nitriles is 1. The van der Waals surface area contributed by atoms with Crippen LogP contribution in [-0.2, 0) is 14.8 Å². The molecule has 1 aromatic carbocycles. The van der Waals surface area contributed by atoms with Gasteiger partial charge in [-0.1, -0.05) is 25.7 Å². The molecule has 1 aliphatic carbocycles. The lowest BCUT2D eigenvalue weighted by atomic mass is 9.92. The third-order valence-corrected chi connectivity index (χ3v) is 8.14. The van der Waals surface area contributed by atoms with Crippen LogP contribution in [0.4, 0.5) is 0 Å². The van der Waals surface area contributed by atoms with E-state index in [0.29, 0.717) is 37.4 Å². The lowest BCUT2D eigenvalue weighted by molar-refractivity contribution is -0.124. The van der Waals surface area contributed by atoms with Gasteiger partial charge in [0.15, 0.2) is 11.5 Å². The van der Waals surface area contributed by atoms with Crippen LogP contribution in [0, 0.1) is 11.3 Å². The van der Waals surface area contributed by atoms with Crippen molar-refractivity contribution in [3.05, 3.63) is 18.2 Å². The van der Waals surface area contributed by atoms with Crippen molar-refractivity contribution >= 4 is 15.9 Å². The number of ether oxygens (including phenoxy) is 2. The van der Waals surface area contributed by atoms with E-state index in [1.807, 2.05) is 4.90 Å². The Labute approximate surface area is 190 Å².